The zero-order chi connectivity index (χ0) is 10.4. The predicted octanol–water partition coefficient (Wildman–Crippen LogP) is 0.773. The van der Waals surface area contributed by atoms with E-state index in [4.69, 9.17) is 5.11 Å². The second-order valence-corrected chi connectivity index (χ2v) is 3.94. The molecule has 0 aromatic rings. The molecule has 0 amide bonds. The number of rotatable bonds is 6. The molecule has 80 valence electrons. The molecule has 0 radical (unpaired) electrons. The first-order valence-electron chi connectivity index (χ1n) is 5.01. The van der Waals surface area contributed by atoms with Gasteiger partial charge in [-0.1, -0.05) is 27.2 Å². The largest absolute Gasteiger partial charge is 0.396 e. The maximum Gasteiger partial charge on any atom is 0.0851 e. The van der Waals surface area contributed by atoms with Gasteiger partial charge in [-0.15, -0.1) is 0 Å². The van der Waals surface area contributed by atoms with E-state index in [-0.39, 0.29) is 18.4 Å². The van der Waals surface area contributed by atoms with Gasteiger partial charge < -0.3 is 15.3 Å². The van der Waals surface area contributed by atoms with Gasteiger partial charge in [0.25, 0.3) is 0 Å². The molecule has 3 unspecified atom stereocenters. The van der Waals surface area contributed by atoms with Crippen LogP contribution < -0.4 is 0 Å². The molecule has 13 heavy (non-hydrogen) atoms. The van der Waals surface area contributed by atoms with E-state index < -0.39 is 12.2 Å². The molecule has 0 bridgehead atoms. The van der Waals surface area contributed by atoms with E-state index in [1.807, 2.05) is 20.8 Å². The van der Waals surface area contributed by atoms with E-state index in [0.29, 0.717) is 6.42 Å². The summed E-state index contributed by atoms with van der Waals surface area (Å²) < 4.78 is 0. The van der Waals surface area contributed by atoms with Crippen molar-refractivity contribution in [2.24, 2.45) is 11.8 Å². The van der Waals surface area contributed by atoms with Crippen LogP contribution in [0.2, 0.25) is 0 Å². The van der Waals surface area contributed by atoms with Crippen LogP contribution in [0.3, 0.4) is 0 Å². The second kappa shape index (κ2) is 6.35. The fourth-order valence-electron chi connectivity index (χ4n) is 1.47. The molecule has 0 aromatic heterocycles. The van der Waals surface area contributed by atoms with Gasteiger partial charge in [0.2, 0.25) is 0 Å². The number of hydrogen-bond acceptors (Lipinski definition) is 3. The summed E-state index contributed by atoms with van der Waals surface area (Å²) in [5, 5.41) is 28.2. The Morgan fingerprint density at radius 2 is 1.69 bits per heavy atom. The van der Waals surface area contributed by atoms with Crippen molar-refractivity contribution in [2.75, 3.05) is 6.61 Å². The van der Waals surface area contributed by atoms with Gasteiger partial charge in [-0.2, -0.15) is 0 Å². The fourth-order valence-corrected chi connectivity index (χ4v) is 1.47. The Kier molecular flexibility index (Phi) is 6.29. The summed E-state index contributed by atoms with van der Waals surface area (Å²) in [7, 11) is 0. The molecule has 0 aliphatic heterocycles. The number of aliphatic hydroxyl groups is 3. The van der Waals surface area contributed by atoms with E-state index in [1.54, 1.807) is 0 Å². The first-order chi connectivity index (χ1) is 6.04. The average Bonchev–Trinajstić information content (AvgIpc) is 2.05. The Bertz CT molecular complexity index is 125. The lowest BCUT2D eigenvalue weighted by Crippen LogP contribution is -2.38. The van der Waals surface area contributed by atoms with Crippen LogP contribution in [0.4, 0.5) is 0 Å². The van der Waals surface area contributed by atoms with Gasteiger partial charge in [0.15, 0.2) is 0 Å². The molecule has 0 saturated carbocycles. The smallest absolute Gasteiger partial charge is 0.0851 e. The Balaban J connectivity index is 4.10. The lowest BCUT2D eigenvalue weighted by atomic mass is 9.87. The Labute approximate surface area is 80.4 Å². The van der Waals surface area contributed by atoms with E-state index in [0.717, 1.165) is 6.42 Å². The molecular weight excluding hydrogens is 168 g/mol. The van der Waals surface area contributed by atoms with Crippen LogP contribution in [0.1, 0.15) is 33.6 Å². The molecule has 3 atom stereocenters. The molecule has 0 rings (SSSR count). The molecule has 0 spiro atoms. The van der Waals surface area contributed by atoms with Gasteiger partial charge in [-0.05, 0) is 12.3 Å². The Hall–Kier alpha value is -0.120. The van der Waals surface area contributed by atoms with Gasteiger partial charge in [0.05, 0.1) is 12.2 Å². The third kappa shape index (κ3) is 4.07. The van der Waals surface area contributed by atoms with Gasteiger partial charge in [-0.3, -0.25) is 0 Å². The summed E-state index contributed by atoms with van der Waals surface area (Å²) in [4.78, 5) is 0. The lowest BCUT2D eigenvalue weighted by Gasteiger charge is -2.27. The Morgan fingerprint density at radius 3 is 2.00 bits per heavy atom. The van der Waals surface area contributed by atoms with Crippen LogP contribution in [0.15, 0.2) is 0 Å². The minimum absolute atomic E-state index is 0.0698. The topological polar surface area (TPSA) is 60.7 Å². The molecule has 3 heteroatoms. The van der Waals surface area contributed by atoms with E-state index >= 15 is 0 Å². The summed E-state index contributed by atoms with van der Waals surface area (Å²) in [5.74, 6) is -0.0342. The zero-order valence-corrected chi connectivity index (χ0v) is 8.77. The molecule has 0 heterocycles. The quantitative estimate of drug-likeness (QED) is 0.580. The minimum atomic E-state index is -0.801. The van der Waals surface area contributed by atoms with Gasteiger partial charge in [0.1, 0.15) is 0 Å². The van der Waals surface area contributed by atoms with Crippen molar-refractivity contribution in [3.05, 3.63) is 0 Å². The van der Waals surface area contributed by atoms with E-state index in [1.165, 1.54) is 0 Å². The van der Waals surface area contributed by atoms with Crippen LogP contribution in [0.25, 0.3) is 0 Å². The van der Waals surface area contributed by atoms with Crippen LogP contribution in [-0.4, -0.2) is 34.1 Å². The van der Waals surface area contributed by atoms with Crippen LogP contribution >= 0.6 is 0 Å². The first-order valence-corrected chi connectivity index (χ1v) is 5.01. The fraction of sp³-hybridized carbons (Fsp3) is 1.00. The van der Waals surface area contributed by atoms with Crippen molar-refractivity contribution in [2.45, 2.75) is 45.8 Å². The van der Waals surface area contributed by atoms with Crippen molar-refractivity contribution in [3.8, 4) is 0 Å². The first kappa shape index (κ1) is 12.9. The highest BCUT2D eigenvalue weighted by molar-refractivity contribution is 4.77. The maximum atomic E-state index is 9.67. The molecule has 0 aromatic carbocycles. The zero-order valence-electron chi connectivity index (χ0n) is 8.77. The predicted molar refractivity (Wildman–Crippen MR) is 52.3 cm³/mol. The summed E-state index contributed by atoms with van der Waals surface area (Å²) >= 11 is 0. The summed E-state index contributed by atoms with van der Waals surface area (Å²) in [6, 6.07) is 0. The minimum Gasteiger partial charge on any atom is -0.396 e. The molecule has 0 fully saturated rings. The molecule has 0 saturated heterocycles. The monoisotopic (exact) mass is 190 g/mol. The summed E-state index contributed by atoms with van der Waals surface area (Å²) in [6.07, 6.45) is -0.0757. The maximum absolute atomic E-state index is 9.67. The molecule has 0 aliphatic rings. The third-order valence-electron chi connectivity index (χ3n) is 2.48. The van der Waals surface area contributed by atoms with Gasteiger partial charge in [0, 0.05) is 12.5 Å². The SMILES string of the molecule is CCCC(O)C(O)C(CO)C(C)C. The highest BCUT2D eigenvalue weighted by atomic mass is 16.3. The van der Waals surface area contributed by atoms with E-state index in [9.17, 15) is 10.2 Å². The lowest BCUT2D eigenvalue weighted by molar-refractivity contribution is -0.0493. The highest BCUT2D eigenvalue weighted by Gasteiger charge is 2.27. The normalized spacial score (nSPS) is 18.7. The van der Waals surface area contributed by atoms with Gasteiger partial charge in [-0.25, -0.2) is 0 Å². The molecule has 3 N–H and O–H groups in total. The van der Waals surface area contributed by atoms with Crippen LogP contribution in [0, 0.1) is 11.8 Å². The molecule has 3 nitrogen and oxygen atoms in total. The van der Waals surface area contributed by atoms with Crippen LogP contribution in [-0.2, 0) is 0 Å². The van der Waals surface area contributed by atoms with Crippen LogP contribution in [0.5, 0.6) is 0 Å². The standard InChI is InChI=1S/C10H22O3/c1-4-5-9(12)10(13)8(6-11)7(2)3/h7-13H,4-6H2,1-3H3. The number of hydrogen-bond donors (Lipinski definition) is 3. The number of aliphatic hydroxyl groups excluding tert-OH is 3. The molecular formula is C10H22O3. The average molecular weight is 190 g/mol. The summed E-state index contributed by atoms with van der Waals surface area (Å²) in [6.45, 7) is 5.75. The van der Waals surface area contributed by atoms with Crippen molar-refractivity contribution in [3.63, 3.8) is 0 Å². The summed E-state index contributed by atoms with van der Waals surface area (Å²) in [5.41, 5.74) is 0. The Morgan fingerprint density at radius 1 is 1.15 bits per heavy atom. The van der Waals surface area contributed by atoms with Crippen molar-refractivity contribution >= 4 is 0 Å². The second-order valence-electron chi connectivity index (χ2n) is 3.94. The highest BCUT2D eigenvalue weighted by Crippen LogP contribution is 2.19. The third-order valence-corrected chi connectivity index (χ3v) is 2.48. The van der Waals surface area contributed by atoms with Crippen molar-refractivity contribution in [1.82, 2.24) is 0 Å². The van der Waals surface area contributed by atoms with E-state index in [2.05, 4.69) is 0 Å². The van der Waals surface area contributed by atoms with Crippen molar-refractivity contribution in [1.29, 1.82) is 0 Å². The molecule has 0 aliphatic carbocycles. The van der Waals surface area contributed by atoms with Gasteiger partial charge >= 0.3 is 0 Å². The van der Waals surface area contributed by atoms with Crippen molar-refractivity contribution < 1.29 is 15.3 Å².